The van der Waals surface area contributed by atoms with Gasteiger partial charge in [-0.25, -0.2) is 0 Å². The van der Waals surface area contributed by atoms with Gasteiger partial charge in [0.1, 0.15) is 18.8 Å². The van der Waals surface area contributed by atoms with Gasteiger partial charge in [-0.3, -0.25) is 38.4 Å². The number of rotatable bonds is 13. The molecule has 3 rings (SSSR count). The molecule has 15 atom stereocenters. The highest BCUT2D eigenvalue weighted by atomic mass is 16.8. The quantitative estimate of drug-likeness (QED) is 0.173. The third-order valence-electron chi connectivity index (χ3n) is 8.21. The van der Waals surface area contributed by atoms with Crippen LogP contribution in [-0.4, -0.2) is 152 Å². The molecule has 1 N–H and O–H groups in total. The Morgan fingerprint density at radius 2 is 0.714 bits per heavy atom. The van der Waals surface area contributed by atoms with E-state index in [1.165, 1.54) is 13.8 Å². The first kappa shape index (κ1) is 45.9. The molecule has 0 aromatic carbocycles. The van der Waals surface area contributed by atoms with Crippen LogP contribution >= 0.6 is 0 Å². The standard InChI is InChI=1S/C34H48O22/c1-12-23(47-15(4)36)26(49-17(6)38)30(52-20(9)41)33(45-12)55-25-22(11-44-14(3)35)54-32(43)29(28(25)51-19(8)40)56-34-31(53-21(10)42)27(50-18(7)39)24(13(2)46-34)48-16(5)37/h12-13,22-34,43H,11H2,1-10H3/t12-,13-,22+,23-,24-,25+,26+,27+,28-,29+,30+,31+,32-,33-,34-/m0/s1. The van der Waals surface area contributed by atoms with Crippen LogP contribution in [0.3, 0.4) is 0 Å². The molecule has 3 saturated heterocycles. The molecule has 0 aromatic rings. The monoisotopic (exact) mass is 808 g/mol. The van der Waals surface area contributed by atoms with Crippen molar-refractivity contribution in [1.29, 1.82) is 0 Å². The Morgan fingerprint density at radius 3 is 1.05 bits per heavy atom. The fourth-order valence-electron chi connectivity index (χ4n) is 6.33. The van der Waals surface area contributed by atoms with E-state index in [4.69, 9.17) is 61.6 Å². The van der Waals surface area contributed by atoms with Crippen molar-refractivity contribution in [3.8, 4) is 0 Å². The normalized spacial score (nSPS) is 35.4. The Balaban J connectivity index is 2.14. The molecule has 0 aliphatic carbocycles. The summed E-state index contributed by atoms with van der Waals surface area (Å²) in [6.45, 7) is 10.6. The van der Waals surface area contributed by atoms with Crippen molar-refractivity contribution in [3.63, 3.8) is 0 Å². The first-order valence-corrected chi connectivity index (χ1v) is 17.4. The van der Waals surface area contributed by atoms with Crippen molar-refractivity contribution < 1.29 is 105 Å². The third-order valence-corrected chi connectivity index (χ3v) is 8.21. The van der Waals surface area contributed by atoms with E-state index in [2.05, 4.69) is 0 Å². The van der Waals surface area contributed by atoms with E-state index >= 15 is 0 Å². The second kappa shape index (κ2) is 20.1. The summed E-state index contributed by atoms with van der Waals surface area (Å²) in [5.41, 5.74) is 0. The Bertz CT molecular complexity index is 1460. The van der Waals surface area contributed by atoms with E-state index < -0.39 is 146 Å². The van der Waals surface area contributed by atoms with Gasteiger partial charge in [-0.2, -0.15) is 0 Å². The van der Waals surface area contributed by atoms with Crippen LogP contribution < -0.4 is 0 Å². The molecule has 3 aliphatic rings. The molecule has 56 heavy (non-hydrogen) atoms. The van der Waals surface area contributed by atoms with Crippen LogP contribution in [0.1, 0.15) is 69.2 Å². The average Bonchev–Trinajstić information content (AvgIpc) is 3.04. The SMILES string of the molecule is CC(=O)OC[C@H]1O[C@H](O)[C@H](O[C@@H]2O[C@@H](C)[C@H](OC(C)=O)[C@@H](OC(C)=O)[C@H]2OC(C)=O)[C@@H](OC(C)=O)[C@@H]1O[C@@H]1O[C@@H](C)[C@H](OC(C)=O)[C@@H](OC(C)=O)[C@H]1OC(C)=O. The van der Waals surface area contributed by atoms with E-state index in [0.29, 0.717) is 0 Å². The minimum absolute atomic E-state index is 0.642. The maximum atomic E-state index is 12.7. The van der Waals surface area contributed by atoms with Crippen LogP contribution in [0.4, 0.5) is 0 Å². The molecule has 316 valence electrons. The second-order valence-corrected chi connectivity index (χ2v) is 13.0. The molecule has 0 spiro atoms. The Morgan fingerprint density at radius 1 is 0.411 bits per heavy atom. The molecule has 22 heteroatoms. The highest BCUT2D eigenvalue weighted by Gasteiger charge is 2.58. The summed E-state index contributed by atoms with van der Waals surface area (Å²) in [6.07, 6.45) is -23.7. The molecular weight excluding hydrogens is 760 g/mol. The van der Waals surface area contributed by atoms with Gasteiger partial charge < -0.3 is 66.7 Å². The topological polar surface area (TPSA) is 277 Å². The van der Waals surface area contributed by atoms with E-state index in [1.54, 1.807) is 0 Å². The number of esters is 8. The lowest BCUT2D eigenvalue weighted by Crippen LogP contribution is -2.68. The van der Waals surface area contributed by atoms with Crippen molar-refractivity contribution in [2.75, 3.05) is 6.61 Å². The van der Waals surface area contributed by atoms with Crippen LogP contribution in [0.5, 0.6) is 0 Å². The Hall–Kier alpha value is -4.48. The van der Waals surface area contributed by atoms with Crippen LogP contribution in [0.25, 0.3) is 0 Å². The van der Waals surface area contributed by atoms with Crippen molar-refractivity contribution in [2.24, 2.45) is 0 Å². The van der Waals surface area contributed by atoms with Crippen molar-refractivity contribution in [1.82, 2.24) is 0 Å². The molecule has 3 aliphatic heterocycles. The van der Waals surface area contributed by atoms with E-state index in [9.17, 15) is 43.5 Å². The summed E-state index contributed by atoms with van der Waals surface area (Å²) < 4.78 is 73.3. The number of carbonyl (C=O) groups is 8. The van der Waals surface area contributed by atoms with E-state index in [1.807, 2.05) is 0 Å². The summed E-state index contributed by atoms with van der Waals surface area (Å²) in [5, 5.41) is 11.4. The third kappa shape index (κ3) is 12.5. The van der Waals surface area contributed by atoms with Gasteiger partial charge >= 0.3 is 47.8 Å². The molecular formula is C34H48O22. The molecule has 0 unspecified atom stereocenters. The summed E-state index contributed by atoms with van der Waals surface area (Å²) >= 11 is 0. The molecule has 0 radical (unpaired) electrons. The summed E-state index contributed by atoms with van der Waals surface area (Å²) in [4.78, 5) is 97.7. The van der Waals surface area contributed by atoms with Crippen LogP contribution in [0.2, 0.25) is 0 Å². The first-order chi connectivity index (χ1) is 26.1. The lowest BCUT2D eigenvalue weighted by molar-refractivity contribution is -0.380. The van der Waals surface area contributed by atoms with Gasteiger partial charge in [0, 0.05) is 55.4 Å². The minimum Gasteiger partial charge on any atom is -0.463 e. The lowest BCUT2D eigenvalue weighted by Gasteiger charge is -2.49. The van der Waals surface area contributed by atoms with Gasteiger partial charge in [-0.05, 0) is 13.8 Å². The average molecular weight is 809 g/mol. The Kier molecular flexibility index (Phi) is 16.5. The van der Waals surface area contributed by atoms with Crippen LogP contribution in [-0.2, 0) is 99.9 Å². The maximum Gasteiger partial charge on any atom is 0.303 e. The fourth-order valence-corrected chi connectivity index (χ4v) is 6.33. The lowest BCUT2D eigenvalue weighted by atomic mass is 9.95. The zero-order valence-electron chi connectivity index (χ0n) is 32.4. The highest BCUT2D eigenvalue weighted by molar-refractivity contribution is 5.69. The number of hydrogen-bond acceptors (Lipinski definition) is 22. The molecule has 0 aromatic heterocycles. The summed E-state index contributed by atoms with van der Waals surface area (Å²) in [6, 6.07) is 0. The van der Waals surface area contributed by atoms with Gasteiger partial charge in [0.2, 0.25) is 0 Å². The Labute approximate surface area is 320 Å². The van der Waals surface area contributed by atoms with Crippen LogP contribution in [0.15, 0.2) is 0 Å². The molecule has 0 bridgehead atoms. The number of aliphatic hydroxyl groups excluding tert-OH is 1. The van der Waals surface area contributed by atoms with E-state index in [0.717, 1.165) is 55.4 Å². The molecule has 22 nitrogen and oxygen atoms in total. The van der Waals surface area contributed by atoms with Gasteiger partial charge in [-0.15, -0.1) is 0 Å². The molecule has 0 saturated carbocycles. The fraction of sp³-hybridized carbons (Fsp3) is 0.765. The van der Waals surface area contributed by atoms with E-state index in [-0.39, 0.29) is 0 Å². The second-order valence-electron chi connectivity index (χ2n) is 13.0. The summed E-state index contributed by atoms with van der Waals surface area (Å²) in [7, 11) is 0. The molecule has 3 fully saturated rings. The van der Waals surface area contributed by atoms with Gasteiger partial charge in [0.05, 0.1) is 12.2 Å². The zero-order valence-corrected chi connectivity index (χ0v) is 32.4. The van der Waals surface area contributed by atoms with Gasteiger partial charge in [0.15, 0.2) is 67.7 Å². The number of carbonyl (C=O) groups excluding carboxylic acids is 8. The van der Waals surface area contributed by atoms with Gasteiger partial charge in [-0.1, -0.05) is 0 Å². The maximum absolute atomic E-state index is 12.7. The van der Waals surface area contributed by atoms with Crippen molar-refractivity contribution >= 4 is 47.8 Å². The molecule has 3 heterocycles. The number of aliphatic hydroxyl groups is 1. The smallest absolute Gasteiger partial charge is 0.303 e. The van der Waals surface area contributed by atoms with Crippen molar-refractivity contribution in [2.45, 2.75) is 161 Å². The van der Waals surface area contributed by atoms with Crippen molar-refractivity contribution in [3.05, 3.63) is 0 Å². The summed E-state index contributed by atoms with van der Waals surface area (Å²) in [5.74, 6) is -6.93. The minimum atomic E-state index is -2.06. The first-order valence-electron chi connectivity index (χ1n) is 17.4. The zero-order chi connectivity index (χ0) is 42.2. The predicted molar refractivity (Wildman–Crippen MR) is 175 cm³/mol. The molecule has 0 amide bonds. The highest BCUT2D eigenvalue weighted by Crippen LogP contribution is 2.37. The van der Waals surface area contributed by atoms with Crippen LogP contribution in [0, 0.1) is 0 Å². The number of hydrogen-bond donors (Lipinski definition) is 1. The number of ether oxygens (including phenoxy) is 13. The van der Waals surface area contributed by atoms with Gasteiger partial charge in [0.25, 0.3) is 0 Å². The predicted octanol–water partition coefficient (Wildman–Crippen LogP) is -0.951. The largest absolute Gasteiger partial charge is 0.463 e.